The number of benzene rings is 5. The van der Waals surface area contributed by atoms with Gasteiger partial charge in [-0.3, -0.25) is 4.79 Å². The van der Waals surface area contributed by atoms with Crippen LogP contribution in [0.25, 0.3) is 0 Å². The van der Waals surface area contributed by atoms with Crippen molar-refractivity contribution >= 4 is 11.5 Å². The van der Waals surface area contributed by atoms with Crippen LogP contribution in [0, 0.1) is 6.92 Å². The van der Waals surface area contributed by atoms with Crippen molar-refractivity contribution in [1.29, 1.82) is 0 Å². The van der Waals surface area contributed by atoms with E-state index < -0.39 is 0 Å². The largest absolute Gasteiger partial charge is 0.376 e. The van der Waals surface area contributed by atoms with E-state index in [9.17, 15) is 4.79 Å². The fraction of sp³-hybridized carbons (Fsp3) is 0.143. The zero-order valence-corrected chi connectivity index (χ0v) is 26.0. The highest BCUT2D eigenvalue weighted by Crippen LogP contribution is 2.45. The van der Waals surface area contributed by atoms with Gasteiger partial charge in [0.05, 0.1) is 11.7 Å². The lowest BCUT2D eigenvalue weighted by atomic mass is 9.78. The number of anilines is 1. The summed E-state index contributed by atoms with van der Waals surface area (Å²) in [6.45, 7) is 5.88. The van der Waals surface area contributed by atoms with Crippen molar-refractivity contribution in [2.45, 2.75) is 38.6 Å². The smallest absolute Gasteiger partial charge is 0.178 e. The summed E-state index contributed by atoms with van der Waals surface area (Å²) in [5, 5.41) is 3.95. The normalized spacial score (nSPS) is 11.8. The van der Waals surface area contributed by atoms with Gasteiger partial charge in [-0.2, -0.15) is 0 Å². The summed E-state index contributed by atoms with van der Waals surface area (Å²) < 4.78 is 0. The lowest BCUT2D eigenvalue weighted by Crippen LogP contribution is -2.17. The summed E-state index contributed by atoms with van der Waals surface area (Å²) in [4.78, 5) is 17.0. The Balaban J connectivity index is 1.63. The zero-order valence-electron chi connectivity index (χ0n) is 26.0. The number of hydrogen-bond donors (Lipinski definition) is 1. The molecule has 1 atom stereocenters. The molecule has 45 heavy (non-hydrogen) atoms. The molecule has 1 unspecified atom stereocenters. The monoisotopic (exact) mass is 586 g/mol. The van der Waals surface area contributed by atoms with Gasteiger partial charge in [0.1, 0.15) is 5.69 Å². The van der Waals surface area contributed by atoms with Gasteiger partial charge in [0.25, 0.3) is 0 Å². The molecular formula is C42H38N2O. The summed E-state index contributed by atoms with van der Waals surface area (Å²) in [6.07, 6.45) is 0. The van der Waals surface area contributed by atoms with Crippen LogP contribution in [-0.4, -0.2) is 10.8 Å². The van der Waals surface area contributed by atoms with E-state index in [1.165, 1.54) is 38.9 Å². The molecule has 3 heteroatoms. The molecule has 3 nitrogen and oxygen atoms in total. The van der Waals surface area contributed by atoms with Crippen LogP contribution in [0.5, 0.6) is 0 Å². The highest BCUT2D eigenvalue weighted by molar-refractivity contribution is 5.92. The maximum absolute atomic E-state index is 12.2. The number of carbonyl (C=O) groups is 1. The molecule has 0 amide bonds. The minimum Gasteiger partial charge on any atom is -0.376 e. The second-order valence-corrected chi connectivity index (χ2v) is 11.7. The van der Waals surface area contributed by atoms with E-state index in [1.807, 2.05) is 12.1 Å². The van der Waals surface area contributed by atoms with E-state index in [4.69, 9.17) is 4.98 Å². The number of carbonyl (C=O) groups excluding carboxylic acids is 1. The Bertz CT molecular complexity index is 1690. The maximum Gasteiger partial charge on any atom is 0.178 e. The number of Topliss-reactive ketones (excluding diaryl/α,β-unsaturated/α-hetero) is 1. The Morgan fingerprint density at radius 3 is 1.36 bits per heavy atom. The van der Waals surface area contributed by atoms with E-state index in [2.05, 4.69) is 153 Å². The van der Waals surface area contributed by atoms with Gasteiger partial charge in [-0.15, -0.1) is 0 Å². The molecule has 1 N–H and O–H groups in total. The average molecular weight is 587 g/mol. The van der Waals surface area contributed by atoms with Crippen molar-refractivity contribution in [2.24, 2.45) is 0 Å². The fourth-order valence-electron chi connectivity index (χ4n) is 6.33. The van der Waals surface area contributed by atoms with Crippen LogP contribution >= 0.6 is 0 Å². The number of aromatic nitrogens is 1. The first kappa shape index (κ1) is 29.8. The van der Waals surface area contributed by atoms with Gasteiger partial charge in [-0.05, 0) is 59.4 Å². The van der Waals surface area contributed by atoms with Crippen molar-refractivity contribution in [3.8, 4) is 0 Å². The second kappa shape index (κ2) is 13.6. The molecule has 0 fully saturated rings. The summed E-state index contributed by atoms with van der Waals surface area (Å²) in [5.74, 6) is -0.0591. The number of aryl methyl sites for hydroxylation is 1. The molecule has 0 saturated carbocycles. The van der Waals surface area contributed by atoms with Crippen molar-refractivity contribution in [3.63, 3.8) is 0 Å². The van der Waals surface area contributed by atoms with Gasteiger partial charge in [0.2, 0.25) is 0 Å². The van der Waals surface area contributed by atoms with Crippen LogP contribution in [0.15, 0.2) is 152 Å². The molecule has 0 saturated heterocycles. The highest BCUT2D eigenvalue weighted by atomic mass is 16.1. The van der Waals surface area contributed by atoms with Crippen molar-refractivity contribution in [3.05, 3.63) is 202 Å². The number of ketones is 1. The minimum atomic E-state index is -0.163. The topological polar surface area (TPSA) is 42.0 Å². The van der Waals surface area contributed by atoms with Crippen LogP contribution < -0.4 is 5.32 Å². The third-order valence-corrected chi connectivity index (χ3v) is 8.43. The van der Waals surface area contributed by atoms with Crippen molar-refractivity contribution in [2.75, 3.05) is 5.32 Å². The van der Waals surface area contributed by atoms with E-state index in [0.717, 1.165) is 11.4 Å². The highest BCUT2D eigenvalue weighted by Gasteiger charge is 2.28. The molecule has 1 aromatic heterocycles. The van der Waals surface area contributed by atoms with E-state index in [-0.39, 0.29) is 23.7 Å². The molecule has 6 rings (SSSR count). The molecule has 0 aliphatic rings. The van der Waals surface area contributed by atoms with Gasteiger partial charge < -0.3 is 5.32 Å². The third-order valence-electron chi connectivity index (χ3n) is 8.43. The standard InChI is InChI=1S/C42H38N2O/c1-29-27-36(40(32-17-8-4-9-18-32)33-19-10-5-11-20-33)42(43-30(2)38-25-16-26-39(44-38)31(3)45)37(28-29)41(34-21-12-6-13-22-34)35-23-14-7-15-24-35/h4-28,30,40-41,43H,1-3H3. The number of rotatable bonds is 10. The number of nitrogens with zero attached hydrogens (tertiary/aromatic N) is 1. The first-order chi connectivity index (χ1) is 22.0. The van der Waals surface area contributed by atoms with Crippen LogP contribution in [0.3, 0.4) is 0 Å². The summed E-state index contributed by atoms with van der Waals surface area (Å²) in [5.41, 5.74) is 10.9. The van der Waals surface area contributed by atoms with Crippen LogP contribution in [-0.2, 0) is 0 Å². The van der Waals surface area contributed by atoms with Crippen molar-refractivity contribution < 1.29 is 4.79 Å². The molecular weight excluding hydrogens is 548 g/mol. The molecule has 0 spiro atoms. The number of hydrogen-bond acceptors (Lipinski definition) is 3. The Kier molecular flexibility index (Phi) is 8.98. The Labute approximate surface area is 266 Å². The molecule has 0 aliphatic heterocycles. The average Bonchev–Trinajstić information content (AvgIpc) is 3.08. The van der Waals surface area contributed by atoms with Gasteiger partial charge in [-0.1, -0.05) is 145 Å². The van der Waals surface area contributed by atoms with Crippen LogP contribution in [0.2, 0.25) is 0 Å². The molecule has 222 valence electrons. The first-order valence-electron chi connectivity index (χ1n) is 15.6. The van der Waals surface area contributed by atoms with E-state index >= 15 is 0 Å². The third kappa shape index (κ3) is 6.63. The Morgan fingerprint density at radius 1 is 0.578 bits per heavy atom. The van der Waals surface area contributed by atoms with Gasteiger partial charge in [-0.25, -0.2) is 4.98 Å². The lowest BCUT2D eigenvalue weighted by molar-refractivity contribution is 0.101. The van der Waals surface area contributed by atoms with Gasteiger partial charge in [0, 0.05) is 24.4 Å². The van der Waals surface area contributed by atoms with Crippen LogP contribution in [0.4, 0.5) is 5.69 Å². The maximum atomic E-state index is 12.2. The minimum absolute atomic E-state index is 0.00976. The lowest BCUT2D eigenvalue weighted by Gasteiger charge is -2.30. The van der Waals surface area contributed by atoms with E-state index in [0.29, 0.717) is 5.69 Å². The fourth-order valence-corrected chi connectivity index (χ4v) is 6.33. The summed E-state index contributed by atoms with van der Waals surface area (Å²) in [6, 6.07) is 53.2. The molecule has 0 radical (unpaired) electrons. The SMILES string of the molecule is CC(=O)c1cccc(C(C)Nc2c(C(c3ccccc3)c3ccccc3)cc(C)cc2C(c2ccccc2)c2ccccc2)n1. The number of pyridine rings is 1. The summed E-state index contributed by atoms with van der Waals surface area (Å²) >= 11 is 0. The van der Waals surface area contributed by atoms with E-state index in [1.54, 1.807) is 13.0 Å². The predicted octanol–water partition coefficient (Wildman–Crippen LogP) is 10.1. The molecule has 5 aromatic carbocycles. The zero-order chi connectivity index (χ0) is 31.2. The molecule has 6 aromatic rings. The Hall–Kier alpha value is -5.28. The second-order valence-electron chi connectivity index (χ2n) is 11.7. The first-order valence-corrected chi connectivity index (χ1v) is 15.6. The summed E-state index contributed by atoms with van der Waals surface area (Å²) in [7, 11) is 0. The molecule has 0 bridgehead atoms. The van der Waals surface area contributed by atoms with Gasteiger partial charge in [0.15, 0.2) is 5.78 Å². The van der Waals surface area contributed by atoms with Crippen molar-refractivity contribution in [1.82, 2.24) is 4.98 Å². The quantitative estimate of drug-likeness (QED) is 0.128. The Morgan fingerprint density at radius 2 is 0.978 bits per heavy atom. The number of nitrogens with one attached hydrogen (secondary N) is 1. The van der Waals surface area contributed by atoms with Crippen LogP contribution in [0.1, 0.15) is 86.9 Å². The predicted molar refractivity (Wildman–Crippen MR) is 185 cm³/mol. The molecule has 0 aliphatic carbocycles. The van der Waals surface area contributed by atoms with Gasteiger partial charge >= 0.3 is 0 Å². The molecule has 1 heterocycles.